The van der Waals surface area contributed by atoms with Crippen molar-refractivity contribution in [2.45, 2.75) is 233 Å². The average Bonchev–Trinajstić information content (AvgIpc) is 3.37. The van der Waals surface area contributed by atoms with E-state index in [1.165, 1.54) is 212 Å². The Balaban J connectivity index is 2.20. The first-order valence-corrected chi connectivity index (χ1v) is 19.4. The third-order valence-electron chi connectivity index (χ3n) is 9.35. The lowest BCUT2D eigenvalue weighted by atomic mass is 10.0. The smallest absolute Gasteiger partial charge is 0.234 e. The molecule has 0 amide bonds. The van der Waals surface area contributed by atoms with Crippen LogP contribution in [0.1, 0.15) is 219 Å². The fraction of sp³-hybridized carbons (Fsp3) is 0.923. The summed E-state index contributed by atoms with van der Waals surface area (Å²) in [6, 6.07) is 0. The van der Waals surface area contributed by atoms with E-state index in [0.717, 1.165) is 0 Å². The predicted octanol–water partition coefficient (Wildman–Crippen LogP) is 13.1. The monoisotopic (exact) mass is 574 g/mol. The zero-order chi connectivity index (χ0) is 29.5. The fourth-order valence-electron chi connectivity index (χ4n) is 6.50. The molecule has 1 heterocycles. The molecule has 0 spiro atoms. The first-order chi connectivity index (χ1) is 20.3. The molecule has 0 saturated heterocycles. The molecule has 0 N–H and O–H groups in total. The van der Waals surface area contributed by atoms with Crippen LogP contribution >= 0.6 is 0 Å². The average molecular weight is 574 g/mol. The lowest BCUT2D eigenvalue weighted by Crippen LogP contribution is -2.37. The third-order valence-corrected chi connectivity index (χ3v) is 9.35. The summed E-state index contributed by atoms with van der Waals surface area (Å²) in [6.07, 6.45) is 48.9. The van der Waals surface area contributed by atoms with Crippen LogP contribution in [0.4, 0.5) is 0 Å². The van der Waals surface area contributed by atoms with E-state index in [-0.39, 0.29) is 0 Å². The van der Waals surface area contributed by atoms with Crippen molar-refractivity contribution >= 4 is 0 Å². The van der Waals surface area contributed by atoms with Crippen LogP contribution in [0.25, 0.3) is 0 Å². The number of aryl methyl sites for hydroxylation is 2. The van der Waals surface area contributed by atoms with E-state index in [1.54, 1.807) is 5.82 Å². The Morgan fingerprint density at radius 3 is 1.17 bits per heavy atom. The Hall–Kier alpha value is -0.790. The minimum atomic E-state index is 1.23. The molecule has 0 bridgehead atoms. The maximum atomic E-state index is 2.63. The van der Waals surface area contributed by atoms with E-state index >= 15 is 0 Å². The van der Waals surface area contributed by atoms with Gasteiger partial charge in [0.25, 0.3) is 5.82 Å². The molecule has 1 rings (SSSR count). The van der Waals surface area contributed by atoms with Crippen molar-refractivity contribution in [3.8, 4) is 0 Å². The van der Waals surface area contributed by atoms with Crippen LogP contribution in [-0.2, 0) is 19.5 Å². The summed E-state index contributed by atoms with van der Waals surface area (Å²) in [6.45, 7) is 9.40. The van der Waals surface area contributed by atoms with Crippen molar-refractivity contribution in [3.05, 3.63) is 18.2 Å². The molecule has 0 aromatic carbocycles. The second-order valence-corrected chi connectivity index (χ2v) is 13.4. The third kappa shape index (κ3) is 23.4. The van der Waals surface area contributed by atoms with Gasteiger partial charge in [0.15, 0.2) is 0 Å². The highest BCUT2D eigenvalue weighted by Crippen LogP contribution is 2.15. The Morgan fingerprint density at radius 1 is 0.415 bits per heavy atom. The lowest BCUT2D eigenvalue weighted by molar-refractivity contribution is -0.704. The van der Waals surface area contributed by atoms with Gasteiger partial charge in [0.1, 0.15) is 12.4 Å². The summed E-state index contributed by atoms with van der Waals surface area (Å²) >= 11 is 0. The van der Waals surface area contributed by atoms with E-state index in [0.29, 0.717) is 0 Å². The summed E-state index contributed by atoms with van der Waals surface area (Å²) in [5.74, 6) is 1.62. The number of aromatic nitrogens is 2. The zero-order valence-electron chi connectivity index (χ0n) is 28.9. The Kier molecular flexibility index (Phi) is 28.6. The van der Waals surface area contributed by atoms with Crippen molar-refractivity contribution in [2.24, 2.45) is 0 Å². The molecule has 0 unspecified atom stereocenters. The van der Waals surface area contributed by atoms with Gasteiger partial charge in [-0.15, -0.1) is 0 Å². The van der Waals surface area contributed by atoms with E-state index in [2.05, 4.69) is 42.3 Å². The topological polar surface area (TPSA) is 8.81 Å². The van der Waals surface area contributed by atoms with Gasteiger partial charge in [-0.2, -0.15) is 0 Å². The predicted molar refractivity (Wildman–Crippen MR) is 184 cm³/mol. The van der Waals surface area contributed by atoms with E-state index in [4.69, 9.17) is 0 Å². The normalized spacial score (nSPS) is 11.6. The van der Waals surface area contributed by atoms with Gasteiger partial charge in [0, 0.05) is 6.42 Å². The number of unbranched alkanes of at least 4 members (excludes halogenated alkanes) is 27. The molecule has 1 aromatic rings. The molecule has 2 heteroatoms. The van der Waals surface area contributed by atoms with Gasteiger partial charge in [-0.25, -0.2) is 9.13 Å². The van der Waals surface area contributed by atoms with Crippen LogP contribution in [0.3, 0.4) is 0 Å². The molecular formula is C39H77N2+. The minimum Gasteiger partial charge on any atom is -0.234 e. The molecule has 0 saturated carbocycles. The zero-order valence-corrected chi connectivity index (χ0v) is 28.9. The van der Waals surface area contributed by atoms with Gasteiger partial charge >= 0.3 is 0 Å². The summed E-state index contributed by atoms with van der Waals surface area (Å²) in [4.78, 5) is 0. The number of imidazole rings is 1. The first-order valence-electron chi connectivity index (χ1n) is 19.4. The summed E-state index contributed by atoms with van der Waals surface area (Å²) in [5.41, 5.74) is 0. The molecule has 2 nitrogen and oxygen atoms in total. The van der Waals surface area contributed by atoms with Crippen molar-refractivity contribution < 1.29 is 4.57 Å². The maximum Gasteiger partial charge on any atom is 0.256 e. The second kappa shape index (κ2) is 30.7. The maximum absolute atomic E-state index is 2.63. The number of hydrogen-bond donors (Lipinski definition) is 0. The molecule has 0 atom stereocenters. The summed E-state index contributed by atoms with van der Waals surface area (Å²) in [5, 5.41) is 0. The summed E-state index contributed by atoms with van der Waals surface area (Å²) in [7, 11) is 0. The van der Waals surface area contributed by atoms with Crippen LogP contribution in [-0.4, -0.2) is 4.57 Å². The van der Waals surface area contributed by atoms with Crippen molar-refractivity contribution in [1.29, 1.82) is 0 Å². The van der Waals surface area contributed by atoms with E-state index in [9.17, 15) is 0 Å². The van der Waals surface area contributed by atoms with E-state index < -0.39 is 0 Å². The van der Waals surface area contributed by atoms with Crippen LogP contribution in [0.5, 0.6) is 0 Å². The highest BCUT2D eigenvalue weighted by atomic mass is 15.1. The van der Waals surface area contributed by atoms with Gasteiger partial charge in [-0.1, -0.05) is 181 Å². The second-order valence-electron chi connectivity index (χ2n) is 13.4. The van der Waals surface area contributed by atoms with Gasteiger partial charge in [0.05, 0.1) is 13.1 Å². The van der Waals surface area contributed by atoms with E-state index in [1.807, 2.05) is 0 Å². The Labute approximate surface area is 259 Å². The van der Waals surface area contributed by atoms with Gasteiger partial charge in [-0.05, 0) is 32.1 Å². The van der Waals surface area contributed by atoms with Gasteiger partial charge in [0.2, 0.25) is 0 Å². The molecular weight excluding hydrogens is 496 g/mol. The Morgan fingerprint density at radius 2 is 0.756 bits per heavy atom. The molecule has 0 aliphatic heterocycles. The van der Waals surface area contributed by atoms with Crippen molar-refractivity contribution in [3.63, 3.8) is 0 Å². The van der Waals surface area contributed by atoms with Gasteiger partial charge in [-0.3, -0.25) is 0 Å². The Bertz CT molecular complexity index is 634. The SMILES string of the molecule is CCCCCCCCCCCCCCCCCCn1cc[n+](CCCCCCCCC)c1CCCCCCCCC. The van der Waals surface area contributed by atoms with Crippen LogP contribution in [0, 0.1) is 0 Å². The molecule has 242 valence electrons. The molecule has 41 heavy (non-hydrogen) atoms. The molecule has 0 aliphatic carbocycles. The standard InChI is InChI=1S/C39H77N2/c1-4-7-10-13-16-17-18-19-20-21-22-23-24-27-30-33-36-41-38-37-40(35-32-29-26-15-12-9-6-3)39(41)34-31-28-25-14-11-8-5-2/h37-38H,4-36H2,1-3H3/q+1. The number of hydrogen-bond acceptors (Lipinski definition) is 0. The van der Waals surface area contributed by atoms with Crippen LogP contribution in [0.15, 0.2) is 12.4 Å². The highest BCUT2D eigenvalue weighted by molar-refractivity contribution is 4.84. The fourth-order valence-corrected chi connectivity index (χ4v) is 6.50. The van der Waals surface area contributed by atoms with Crippen molar-refractivity contribution in [2.75, 3.05) is 0 Å². The molecule has 0 aliphatic rings. The van der Waals surface area contributed by atoms with Gasteiger partial charge < -0.3 is 0 Å². The highest BCUT2D eigenvalue weighted by Gasteiger charge is 2.16. The summed E-state index contributed by atoms with van der Waals surface area (Å²) < 4.78 is 5.25. The first kappa shape index (κ1) is 38.2. The quantitative estimate of drug-likeness (QED) is 0.0584. The molecule has 0 fully saturated rings. The van der Waals surface area contributed by atoms with Crippen LogP contribution in [0.2, 0.25) is 0 Å². The largest absolute Gasteiger partial charge is 0.256 e. The number of rotatable bonds is 33. The lowest BCUT2D eigenvalue weighted by Gasteiger charge is -2.07. The van der Waals surface area contributed by atoms with Crippen molar-refractivity contribution in [1.82, 2.24) is 4.57 Å². The minimum absolute atomic E-state index is 1.23. The number of nitrogens with zero attached hydrogens (tertiary/aromatic N) is 2. The molecule has 1 aromatic heterocycles. The molecule has 0 radical (unpaired) electrons. The van der Waals surface area contributed by atoms with Crippen LogP contribution < -0.4 is 4.57 Å².